The Morgan fingerprint density at radius 2 is 1.90 bits per heavy atom. The second-order valence-corrected chi connectivity index (χ2v) is 5.72. The first-order chi connectivity index (χ1) is 9.56. The third-order valence-electron chi connectivity index (χ3n) is 2.40. The van der Waals surface area contributed by atoms with Gasteiger partial charge in [-0.15, -0.1) is 11.8 Å². The Bertz CT molecular complexity index is 636. The molecule has 2 rings (SSSR count). The predicted octanol–water partition coefficient (Wildman–Crippen LogP) is 4.86. The van der Waals surface area contributed by atoms with Gasteiger partial charge in [-0.1, -0.05) is 35.3 Å². The van der Waals surface area contributed by atoms with E-state index in [0.29, 0.717) is 10.7 Å². The maximum absolute atomic E-state index is 12.9. The third kappa shape index (κ3) is 4.13. The van der Waals surface area contributed by atoms with Gasteiger partial charge in [0, 0.05) is 4.90 Å². The maximum Gasteiger partial charge on any atom is 0.234 e. The number of hydrogen-bond acceptors (Lipinski definition) is 2. The molecule has 0 aromatic heterocycles. The van der Waals surface area contributed by atoms with Crippen molar-refractivity contribution in [1.29, 1.82) is 0 Å². The van der Waals surface area contributed by atoms with Gasteiger partial charge in [0.05, 0.1) is 21.5 Å². The minimum absolute atomic E-state index is 0.168. The lowest BCUT2D eigenvalue weighted by Gasteiger charge is -2.07. The molecular weight excluding hydrogens is 320 g/mol. The van der Waals surface area contributed by atoms with Gasteiger partial charge in [0.2, 0.25) is 5.91 Å². The molecule has 2 aromatic carbocycles. The topological polar surface area (TPSA) is 29.1 Å². The lowest BCUT2D eigenvalue weighted by Crippen LogP contribution is -2.14. The number of rotatable bonds is 4. The fraction of sp³-hybridized carbons (Fsp3) is 0.0714. The van der Waals surface area contributed by atoms with E-state index in [1.54, 1.807) is 6.07 Å². The standard InChI is InChI=1S/C14H10Cl2FNOS/c15-10-3-1-2-4-13(10)20-8-14(19)18-12-6-5-9(17)7-11(12)16/h1-7H,8H2,(H,18,19). The number of benzene rings is 2. The Balaban J connectivity index is 1.94. The highest BCUT2D eigenvalue weighted by molar-refractivity contribution is 8.00. The Hall–Kier alpha value is -1.23. The van der Waals surface area contributed by atoms with E-state index in [-0.39, 0.29) is 16.7 Å². The summed E-state index contributed by atoms with van der Waals surface area (Å²) in [7, 11) is 0. The predicted molar refractivity (Wildman–Crippen MR) is 82.2 cm³/mol. The average Bonchev–Trinajstić information content (AvgIpc) is 2.41. The smallest absolute Gasteiger partial charge is 0.234 e. The zero-order valence-corrected chi connectivity index (χ0v) is 12.5. The van der Waals surface area contributed by atoms with Crippen LogP contribution in [0.15, 0.2) is 47.4 Å². The van der Waals surface area contributed by atoms with Gasteiger partial charge in [-0.05, 0) is 30.3 Å². The summed E-state index contributed by atoms with van der Waals surface area (Å²) in [4.78, 5) is 12.6. The van der Waals surface area contributed by atoms with Gasteiger partial charge in [0.1, 0.15) is 5.82 Å². The number of thioether (sulfide) groups is 1. The summed E-state index contributed by atoms with van der Waals surface area (Å²) < 4.78 is 12.9. The molecule has 1 N–H and O–H groups in total. The molecule has 1 amide bonds. The zero-order valence-electron chi connectivity index (χ0n) is 10.2. The third-order valence-corrected chi connectivity index (χ3v) is 4.23. The zero-order chi connectivity index (χ0) is 14.5. The monoisotopic (exact) mass is 329 g/mol. The summed E-state index contributed by atoms with van der Waals surface area (Å²) in [5.41, 5.74) is 0.387. The van der Waals surface area contributed by atoms with Crippen LogP contribution in [0.25, 0.3) is 0 Å². The van der Waals surface area contributed by atoms with E-state index in [2.05, 4.69) is 5.32 Å². The average molecular weight is 330 g/mol. The van der Waals surface area contributed by atoms with Crippen molar-refractivity contribution in [2.24, 2.45) is 0 Å². The Morgan fingerprint density at radius 1 is 1.15 bits per heavy atom. The molecule has 0 radical (unpaired) electrons. The summed E-state index contributed by atoms with van der Waals surface area (Å²) in [5, 5.41) is 3.40. The van der Waals surface area contributed by atoms with Crippen molar-refractivity contribution < 1.29 is 9.18 Å². The van der Waals surface area contributed by atoms with Gasteiger partial charge in [-0.25, -0.2) is 4.39 Å². The van der Waals surface area contributed by atoms with E-state index in [4.69, 9.17) is 23.2 Å². The number of carbonyl (C=O) groups excluding carboxylic acids is 1. The summed E-state index contributed by atoms with van der Waals surface area (Å²) >= 11 is 13.2. The normalized spacial score (nSPS) is 10.3. The Morgan fingerprint density at radius 3 is 2.60 bits per heavy atom. The van der Waals surface area contributed by atoms with Crippen LogP contribution in [0.2, 0.25) is 10.0 Å². The first-order valence-corrected chi connectivity index (χ1v) is 7.42. The summed E-state index contributed by atoms with van der Waals surface area (Å²) in [6, 6.07) is 11.1. The Kier molecular flexibility index (Phi) is 5.29. The molecule has 2 nitrogen and oxygen atoms in total. The van der Waals surface area contributed by atoms with Crippen molar-refractivity contribution in [2.45, 2.75) is 4.90 Å². The van der Waals surface area contributed by atoms with Crippen LogP contribution < -0.4 is 5.32 Å². The minimum atomic E-state index is -0.446. The fourth-order valence-electron chi connectivity index (χ4n) is 1.48. The van der Waals surface area contributed by atoms with Gasteiger partial charge in [0.25, 0.3) is 0 Å². The van der Waals surface area contributed by atoms with E-state index >= 15 is 0 Å². The molecular formula is C14H10Cl2FNOS. The number of halogens is 3. The molecule has 0 fully saturated rings. The summed E-state index contributed by atoms with van der Waals surface area (Å²) in [5.74, 6) is -0.487. The van der Waals surface area contributed by atoms with E-state index in [0.717, 1.165) is 11.0 Å². The van der Waals surface area contributed by atoms with E-state index in [1.165, 1.54) is 23.9 Å². The second-order valence-electron chi connectivity index (χ2n) is 3.89. The molecule has 0 bridgehead atoms. The van der Waals surface area contributed by atoms with Crippen molar-refractivity contribution >= 4 is 46.6 Å². The van der Waals surface area contributed by atoms with Crippen LogP contribution in [-0.2, 0) is 4.79 Å². The molecule has 0 unspecified atom stereocenters. The highest BCUT2D eigenvalue weighted by Gasteiger charge is 2.08. The largest absolute Gasteiger partial charge is 0.324 e. The Labute approximate surface area is 130 Å². The van der Waals surface area contributed by atoms with E-state index in [1.807, 2.05) is 18.2 Å². The SMILES string of the molecule is O=C(CSc1ccccc1Cl)Nc1ccc(F)cc1Cl. The van der Waals surface area contributed by atoms with E-state index < -0.39 is 5.82 Å². The number of carbonyl (C=O) groups is 1. The maximum atomic E-state index is 12.9. The fourth-order valence-corrected chi connectivity index (χ4v) is 2.74. The molecule has 2 aromatic rings. The molecule has 0 heterocycles. The van der Waals surface area contributed by atoms with E-state index in [9.17, 15) is 9.18 Å². The van der Waals surface area contributed by atoms with Crippen molar-refractivity contribution in [3.05, 3.63) is 58.3 Å². The first kappa shape index (κ1) is 15.2. The van der Waals surface area contributed by atoms with Crippen LogP contribution in [0, 0.1) is 5.82 Å². The van der Waals surface area contributed by atoms with Crippen molar-refractivity contribution in [3.63, 3.8) is 0 Å². The van der Waals surface area contributed by atoms with Crippen molar-refractivity contribution in [1.82, 2.24) is 0 Å². The molecule has 0 saturated carbocycles. The molecule has 0 aliphatic rings. The van der Waals surface area contributed by atoms with Gasteiger partial charge in [-0.3, -0.25) is 4.79 Å². The molecule has 0 saturated heterocycles. The van der Waals surface area contributed by atoms with Gasteiger partial charge in [-0.2, -0.15) is 0 Å². The molecule has 20 heavy (non-hydrogen) atoms. The van der Waals surface area contributed by atoms with Crippen LogP contribution in [-0.4, -0.2) is 11.7 Å². The molecule has 104 valence electrons. The molecule has 0 spiro atoms. The summed E-state index contributed by atoms with van der Waals surface area (Å²) in [6.07, 6.45) is 0. The van der Waals surface area contributed by atoms with Crippen LogP contribution in [0.4, 0.5) is 10.1 Å². The highest BCUT2D eigenvalue weighted by atomic mass is 35.5. The van der Waals surface area contributed by atoms with Crippen molar-refractivity contribution in [3.8, 4) is 0 Å². The highest BCUT2D eigenvalue weighted by Crippen LogP contribution is 2.27. The lowest BCUT2D eigenvalue weighted by atomic mass is 10.3. The summed E-state index contributed by atoms with van der Waals surface area (Å²) in [6.45, 7) is 0. The first-order valence-electron chi connectivity index (χ1n) is 5.68. The lowest BCUT2D eigenvalue weighted by molar-refractivity contribution is -0.113. The van der Waals surface area contributed by atoms with Crippen molar-refractivity contribution in [2.75, 3.05) is 11.1 Å². The van der Waals surface area contributed by atoms with Crippen LogP contribution >= 0.6 is 35.0 Å². The van der Waals surface area contributed by atoms with Gasteiger partial charge < -0.3 is 5.32 Å². The molecule has 6 heteroatoms. The number of anilines is 1. The number of amides is 1. The quantitative estimate of drug-likeness (QED) is 0.811. The number of nitrogens with one attached hydrogen (secondary N) is 1. The van der Waals surface area contributed by atoms with Crippen LogP contribution in [0.1, 0.15) is 0 Å². The van der Waals surface area contributed by atoms with Crippen LogP contribution in [0.3, 0.4) is 0 Å². The molecule has 0 atom stereocenters. The van der Waals surface area contributed by atoms with Crippen LogP contribution in [0.5, 0.6) is 0 Å². The van der Waals surface area contributed by atoms with Gasteiger partial charge >= 0.3 is 0 Å². The minimum Gasteiger partial charge on any atom is -0.324 e. The molecule has 0 aliphatic carbocycles. The second kappa shape index (κ2) is 6.97. The molecule has 0 aliphatic heterocycles. The van der Waals surface area contributed by atoms with Gasteiger partial charge in [0.15, 0.2) is 0 Å². The number of hydrogen-bond donors (Lipinski definition) is 1.